The molecule has 0 saturated carbocycles. The number of ether oxygens (including phenoxy) is 1. The second-order valence-corrected chi connectivity index (χ2v) is 5.46. The van der Waals surface area contributed by atoms with Gasteiger partial charge in [0.05, 0.1) is 12.8 Å². The minimum absolute atomic E-state index is 0.0993. The van der Waals surface area contributed by atoms with Crippen molar-refractivity contribution in [1.29, 1.82) is 0 Å². The van der Waals surface area contributed by atoms with Crippen LogP contribution in [0.5, 0.6) is 5.75 Å². The number of nitrogens with zero attached hydrogens (tertiary/aromatic N) is 1. The molecule has 27 heavy (non-hydrogen) atoms. The lowest BCUT2D eigenvalue weighted by atomic mass is 10.2. The Morgan fingerprint density at radius 3 is 2.44 bits per heavy atom. The predicted molar refractivity (Wildman–Crippen MR) is 94.8 cm³/mol. The van der Waals surface area contributed by atoms with Gasteiger partial charge < -0.3 is 15.4 Å². The Morgan fingerprint density at radius 1 is 1.00 bits per heavy atom. The molecule has 0 spiro atoms. The van der Waals surface area contributed by atoms with Crippen molar-refractivity contribution in [3.63, 3.8) is 0 Å². The maximum absolute atomic E-state index is 13.8. The molecule has 8 heteroatoms. The summed E-state index contributed by atoms with van der Waals surface area (Å²) < 4.78 is 45.1. The van der Waals surface area contributed by atoms with Crippen molar-refractivity contribution >= 4 is 23.1 Å². The highest BCUT2D eigenvalue weighted by atomic mass is 19.2. The molecule has 1 aromatic heterocycles. The van der Waals surface area contributed by atoms with Crippen LogP contribution in [0, 0.1) is 17.5 Å². The molecular formula is C19H14F3N3O2. The van der Waals surface area contributed by atoms with E-state index in [1.807, 2.05) is 0 Å². The van der Waals surface area contributed by atoms with Gasteiger partial charge in [-0.25, -0.2) is 18.2 Å². The molecule has 0 bridgehead atoms. The van der Waals surface area contributed by atoms with E-state index in [2.05, 4.69) is 15.6 Å². The summed E-state index contributed by atoms with van der Waals surface area (Å²) in [6.07, 6.45) is 1.34. The van der Waals surface area contributed by atoms with Gasteiger partial charge >= 0.3 is 0 Å². The fourth-order valence-corrected chi connectivity index (χ4v) is 2.28. The molecule has 0 fully saturated rings. The van der Waals surface area contributed by atoms with Gasteiger partial charge in [-0.05, 0) is 48.5 Å². The first-order valence-electron chi connectivity index (χ1n) is 7.80. The largest absolute Gasteiger partial charge is 0.497 e. The van der Waals surface area contributed by atoms with Crippen molar-refractivity contribution in [2.75, 3.05) is 17.7 Å². The Kier molecular flexibility index (Phi) is 5.25. The molecule has 0 radical (unpaired) electrons. The summed E-state index contributed by atoms with van der Waals surface area (Å²) >= 11 is 0. The van der Waals surface area contributed by atoms with Crippen molar-refractivity contribution < 1.29 is 22.7 Å². The number of nitrogens with one attached hydrogen (secondary N) is 2. The van der Waals surface area contributed by atoms with Crippen molar-refractivity contribution in [1.82, 2.24) is 4.98 Å². The van der Waals surface area contributed by atoms with Gasteiger partial charge in [-0.1, -0.05) is 0 Å². The Hall–Kier alpha value is -3.55. The van der Waals surface area contributed by atoms with Crippen LogP contribution in [0.4, 0.5) is 30.4 Å². The van der Waals surface area contributed by atoms with E-state index in [1.165, 1.54) is 25.4 Å². The van der Waals surface area contributed by atoms with Gasteiger partial charge in [-0.3, -0.25) is 4.79 Å². The van der Waals surface area contributed by atoms with Gasteiger partial charge in [0.15, 0.2) is 17.5 Å². The van der Waals surface area contributed by atoms with E-state index in [1.54, 1.807) is 24.3 Å². The standard InChI is InChI=1S/C19H14F3N3O2/c1-27-13-4-2-12(3-5-13)24-19(26)11-8-9-23-16(10-11)25-15-7-6-14(20)17(21)18(15)22/h2-10H,1H3,(H,23,25)(H,24,26). The smallest absolute Gasteiger partial charge is 0.255 e. The maximum atomic E-state index is 13.8. The van der Waals surface area contributed by atoms with Crippen LogP contribution in [0.25, 0.3) is 0 Å². The second-order valence-electron chi connectivity index (χ2n) is 5.46. The monoisotopic (exact) mass is 373 g/mol. The topological polar surface area (TPSA) is 63.2 Å². The number of carbonyl (C=O) groups excluding carboxylic acids is 1. The fraction of sp³-hybridized carbons (Fsp3) is 0.0526. The second kappa shape index (κ2) is 7.77. The van der Waals surface area contributed by atoms with Crippen LogP contribution < -0.4 is 15.4 Å². The van der Waals surface area contributed by atoms with Crippen LogP contribution in [0.1, 0.15) is 10.4 Å². The molecule has 5 nitrogen and oxygen atoms in total. The first-order valence-corrected chi connectivity index (χ1v) is 7.80. The molecule has 0 saturated heterocycles. The van der Waals surface area contributed by atoms with Crippen molar-refractivity contribution in [2.45, 2.75) is 0 Å². The molecule has 2 aromatic carbocycles. The van der Waals surface area contributed by atoms with Gasteiger partial charge in [-0.15, -0.1) is 0 Å². The van der Waals surface area contributed by atoms with E-state index in [0.29, 0.717) is 11.4 Å². The minimum atomic E-state index is -1.59. The summed E-state index contributed by atoms with van der Waals surface area (Å²) in [5.74, 6) is -3.92. The van der Waals surface area contributed by atoms with E-state index in [-0.39, 0.29) is 17.1 Å². The average molecular weight is 373 g/mol. The lowest BCUT2D eigenvalue weighted by Crippen LogP contribution is -2.12. The summed E-state index contributed by atoms with van der Waals surface area (Å²) in [4.78, 5) is 16.3. The molecule has 3 aromatic rings. The average Bonchev–Trinajstić information content (AvgIpc) is 2.69. The van der Waals surface area contributed by atoms with E-state index < -0.39 is 23.4 Å². The Morgan fingerprint density at radius 2 is 1.74 bits per heavy atom. The molecule has 1 heterocycles. The normalized spacial score (nSPS) is 10.4. The first-order chi connectivity index (χ1) is 13.0. The van der Waals surface area contributed by atoms with Crippen LogP contribution in [-0.2, 0) is 0 Å². The SMILES string of the molecule is COc1ccc(NC(=O)c2ccnc(Nc3ccc(F)c(F)c3F)c2)cc1. The Bertz CT molecular complexity index is 978. The van der Waals surface area contributed by atoms with Crippen LogP contribution >= 0.6 is 0 Å². The molecule has 1 amide bonds. The van der Waals surface area contributed by atoms with Gasteiger partial charge in [0.25, 0.3) is 5.91 Å². The molecule has 0 aliphatic carbocycles. The van der Waals surface area contributed by atoms with Gasteiger partial charge in [0.2, 0.25) is 0 Å². The Labute approximate surface area is 152 Å². The van der Waals surface area contributed by atoms with Crippen molar-refractivity contribution in [3.05, 3.63) is 77.7 Å². The Balaban J connectivity index is 1.76. The number of carbonyl (C=O) groups is 1. The molecule has 0 aliphatic heterocycles. The maximum Gasteiger partial charge on any atom is 0.255 e. The number of hydrogen-bond acceptors (Lipinski definition) is 4. The summed E-state index contributed by atoms with van der Waals surface area (Å²) in [6, 6.07) is 11.4. The zero-order valence-corrected chi connectivity index (χ0v) is 14.1. The third kappa shape index (κ3) is 4.17. The molecular weight excluding hydrogens is 359 g/mol. The number of rotatable bonds is 5. The number of hydrogen-bond donors (Lipinski definition) is 2. The van der Waals surface area contributed by atoms with Gasteiger partial charge in [0, 0.05) is 17.4 Å². The molecule has 0 unspecified atom stereocenters. The van der Waals surface area contributed by atoms with Crippen LogP contribution in [0.2, 0.25) is 0 Å². The van der Waals surface area contributed by atoms with Crippen LogP contribution in [-0.4, -0.2) is 18.0 Å². The molecule has 3 rings (SSSR count). The third-order valence-corrected chi connectivity index (χ3v) is 3.67. The quantitative estimate of drug-likeness (QED) is 0.647. The third-order valence-electron chi connectivity index (χ3n) is 3.67. The highest BCUT2D eigenvalue weighted by Gasteiger charge is 2.14. The first kappa shape index (κ1) is 18.2. The highest BCUT2D eigenvalue weighted by molar-refractivity contribution is 6.04. The number of halogens is 3. The lowest BCUT2D eigenvalue weighted by Gasteiger charge is -2.10. The van der Waals surface area contributed by atoms with Crippen LogP contribution in [0.3, 0.4) is 0 Å². The summed E-state index contributed by atoms with van der Waals surface area (Å²) in [6.45, 7) is 0. The summed E-state index contributed by atoms with van der Waals surface area (Å²) in [5.41, 5.74) is 0.499. The highest BCUT2D eigenvalue weighted by Crippen LogP contribution is 2.23. The number of aromatic nitrogens is 1. The van der Waals surface area contributed by atoms with E-state index in [9.17, 15) is 18.0 Å². The zero-order valence-electron chi connectivity index (χ0n) is 14.1. The summed E-state index contributed by atoms with van der Waals surface area (Å²) in [5, 5.41) is 5.22. The fourth-order valence-electron chi connectivity index (χ4n) is 2.28. The molecule has 0 atom stereocenters. The number of pyridine rings is 1. The van der Waals surface area contributed by atoms with Gasteiger partial charge in [0.1, 0.15) is 11.6 Å². The van der Waals surface area contributed by atoms with Crippen molar-refractivity contribution in [2.24, 2.45) is 0 Å². The van der Waals surface area contributed by atoms with E-state index >= 15 is 0 Å². The predicted octanol–water partition coefficient (Wildman–Crippen LogP) is 4.50. The van der Waals surface area contributed by atoms with E-state index in [4.69, 9.17) is 4.74 Å². The molecule has 138 valence electrons. The molecule has 0 aliphatic rings. The van der Waals surface area contributed by atoms with Crippen molar-refractivity contribution in [3.8, 4) is 5.75 Å². The summed E-state index contributed by atoms with van der Waals surface area (Å²) in [7, 11) is 1.54. The van der Waals surface area contributed by atoms with Gasteiger partial charge in [-0.2, -0.15) is 0 Å². The minimum Gasteiger partial charge on any atom is -0.497 e. The molecule has 2 N–H and O–H groups in total. The zero-order chi connectivity index (χ0) is 19.4. The number of anilines is 3. The number of methoxy groups -OCH3 is 1. The lowest BCUT2D eigenvalue weighted by molar-refractivity contribution is 0.102. The van der Waals surface area contributed by atoms with E-state index in [0.717, 1.165) is 12.1 Å². The number of amides is 1. The number of benzene rings is 2. The van der Waals surface area contributed by atoms with Crippen LogP contribution in [0.15, 0.2) is 54.7 Å².